The first-order valence-electron chi connectivity index (χ1n) is 7.91. The first-order valence-corrected chi connectivity index (χ1v) is 7.91. The van der Waals surface area contributed by atoms with Gasteiger partial charge in [-0.2, -0.15) is 5.10 Å². The van der Waals surface area contributed by atoms with Crippen molar-refractivity contribution in [2.45, 2.75) is 78.3 Å². The molecule has 1 aliphatic carbocycles. The number of aryl methyl sites for hydroxylation is 1. The van der Waals surface area contributed by atoms with E-state index >= 15 is 0 Å². The number of hydrogen-bond donors (Lipinski definition) is 1. The molecule has 108 valence electrons. The Morgan fingerprint density at radius 3 is 2.53 bits per heavy atom. The summed E-state index contributed by atoms with van der Waals surface area (Å²) in [6.45, 7) is 9.86. The average molecular weight is 263 g/mol. The number of rotatable bonds is 5. The third kappa shape index (κ3) is 3.38. The molecule has 3 heteroatoms. The van der Waals surface area contributed by atoms with Gasteiger partial charge in [0.15, 0.2) is 0 Å². The van der Waals surface area contributed by atoms with Gasteiger partial charge in [0.1, 0.15) is 0 Å². The molecule has 1 unspecified atom stereocenters. The summed E-state index contributed by atoms with van der Waals surface area (Å²) < 4.78 is 2.21. The highest BCUT2D eigenvalue weighted by atomic mass is 15.3. The Bertz CT molecular complexity index is 402. The zero-order valence-electron chi connectivity index (χ0n) is 13.0. The van der Waals surface area contributed by atoms with Crippen molar-refractivity contribution in [3.8, 4) is 0 Å². The molecule has 1 fully saturated rings. The first-order chi connectivity index (χ1) is 9.13. The van der Waals surface area contributed by atoms with E-state index in [4.69, 9.17) is 5.10 Å². The summed E-state index contributed by atoms with van der Waals surface area (Å²) in [6.07, 6.45) is 8.00. The quantitative estimate of drug-likeness (QED) is 0.880. The maximum atomic E-state index is 4.72. The lowest BCUT2D eigenvalue weighted by Gasteiger charge is -2.25. The van der Waals surface area contributed by atoms with Crippen molar-refractivity contribution in [1.29, 1.82) is 0 Å². The second-order valence-electron chi connectivity index (χ2n) is 6.04. The summed E-state index contributed by atoms with van der Waals surface area (Å²) in [6, 6.07) is 1.18. The molecule has 0 bridgehead atoms. The van der Waals surface area contributed by atoms with Gasteiger partial charge in [0.2, 0.25) is 0 Å². The molecule has 0 radical (unpaired) electrons. The minimum atomic E-state index is 0.445. The van der Waals surface area contributed by atoms with Crippen molar-refractivity contribution in [2.24, 2.45) is 0 Å². The molecule has 1 aromatic rings. The van der Waals surface area contributed by atoms with E-state index in [9.17, 15) is 0 Å². The van der Waals surface area contributed by atoms with Crippen LogP contribution in [0.5, 0.6) is 0 Å². The fraction of sp³-hybridized carbons (Fsp3) is 0.812. The zero-order valence-corrected chi connectivity index (χ0v) is 13.0. The molecule has 1 saturated carbocycles. The summed E-state index contributed by atoms with van der Waals surface area (Å²) >= 11 is 0. The van der Waals surface area contributed by atoms with Gasteiger partial charge in [0.05, 0.1) is 11.7 Å². The molecule has 1 aromatic heterocycles. The molecule has 19 heavy (non-hydrogen) atoms. The summed E-state index contributed by atoms with van der Waals surface area (Å²) in [5.74, 6) is 0. The van der Waals surface area contributed by atoms with E-state index in [-0.39, 0.29) is 0 Å². The zero-order chi connectivity index (χ0) is 13.8. The van der Waals surface area contributed by atoms with E-state index < -0.39 is 0 Å². The largest absolute Gasteiger partial charge is 0.312 e. The van der Waals surface area contributed by atoms with Crippen LogP contribution in [0.1, 0.15) is 68.9 Å². The molecular weight excluding hydrogens is 234 g/mol. The molecule has 0 amide bonds. The van der Waals surface area contributed by atoms with Crippen molar-refractivity contribution in [3.05, 3.63) is 17.0 Å². The van der Waals surface area contributed by atoms with Crippen LogP contribution in [-0.4, -0.2) is 22.4 Å². The molecule has 0 spiro atoms. The van der Waals surface area contributed by atoms with Gasteiger partial charge in [-0.3, -0.25) is 4.68 Å². The predicted molar refractivity (Wildman–Crippen MR) is 80.7 cm³/mol. The molecule has 1 heterocycles. The Labute approximate surface area is 117 Å². The van der Waals surface area contributed by atoms with Crippen molar-refractivity contribution in [2.75, 3.05) is 6.54 Å². The summed E-state index contributed by atoms with van der Waals surface area (Å²) in [5.41, 5.74) is 3.96. The number of aromatic nitrogens is 2. The second kappa shape index (κ2) is 6.56. The highest BCUT2D eigenvalue weighted by Crippen LogP contribution is 2.20. The Balaban J connectivity index is 1.93. The Morgan fingerprint density at radius 2 is 1.95 bits per heavy atom. The van der Waals surface area contributed by atoms with Crippen LogP contribution in [0.4, 0.5) is 0 Å². The lowest BCUT2D eigenvalue weighted by Crippen LogP contribution is -2.35. The molecule has 0 aromatic carbocycles. The minimum Gasteiger partial charge on any atom is -0.312 e. The SMILES string of the molecule is CCc1c(C)nn(C(C)CNC2CCCCC2)c1C. The normalized spacial score (nSPS) is 18.7. The average Bonchev–Trinajstić information content (AvgIpc) is 2.72. The maximum absolute atomic E-state index is 4.72. The van der Waals surface area contributed by atoms with Crippen molar-refractivity contribution in [1.82, 2.24) is 15.1 Å². The van der Waals surface area contributed by atoms with Crippen LogP contribution in [0.2, 0.25) is 0 Å². The summed E-state index contributed by atoms with van der Waals surface area (Å²) in [5, 5.41) is 8.45. The fourth-order valence-corrected chi connectivity index (χ4v) is 3.37. The lowest BCUT2D eigenvalue weighted by atomic mass is 9.95. The summed E-state index contributed by atoms with van der Waals surface area (Å²) in [7, 11) is 0. The van der Waals surface area contributed by atoms with Crippen molar-refractivity contribution in [3.63, 3.8) is 0 Å². The maximum Gasteiger partial charge on any atom is 0.0628 e. The van der Waals surface area contributed by atoms with Gasteiger partial charge in [-0.25, -0.2) is 0 Å². The highest BCUT2D eigenvalue weighted by Gasteiger charge is 2.17. The van der Waals surface area contributed by atoms with Crippen LogP contribution < -0.4 is 5.32 Å². The third-order valence-corrected chi connectivity index (χ3v) is 4.55. The molecular formula is C16H29N3. The van der Waals surface area contributed by atoms with Crippen LogP contribution in [0.25, 0.3) is 0 Å². The van der Waals surface area contributed by atoms with Crippen LogP contribution in [0.15, 0.2) is 0 Å². The Morgan fingerprint density at radius 1 is 1.26 bits per heavy atom. The van der Waals surface area contributed by atoms with Gasteiger partial charge in [-0.05, 0) is 45.6 Å². The topological polar surface area (TPSA) is 29.9 Å². The second-order valence-corrected chi connectivity index (χ2v) is 6.04. The van der Waals surface area contributed by atoms with E-state index in [1.54, 1.807) is 0 Å². The van der Waals surface area contributed by atoms with E-state index in [0.717, 1.165) is 19.0 Å². The first kappa shape index (κ1) is 14.6. The van der Waals surface area contributed by atoms with Crippen LogP contribution in [0, 0.1) is 13.8 Å². The minimum absolute atomic E-state index is 0.445. The lowest BCUT2D eigenvalue weighted by molar-refractivity contribution is 0.341. The van der Waals surface area contributed by atoms with Crippen LogP contribution in [-0.2, 0) is 6.42 Å². The van der Waals surface area contributed by atoms with E-state index in [1.165, 1.54) is 49.1 Å². The number of nitrogens with one attached hydrogen (secondary N) is 1. The smallest absolute Gasteiger partial charge is 0.0628 e. The number of nitrogens with zero attached hydrogens (tertiary/aromatic N) is 2. The molecule has 3 nitrogen and oxygen atoms in total. The fourth-order valence-electron chi connectivity index (χ4n) is 3.37. The van der Waals surface area contributed by atoms with Gasteiger partial charge in [0, 0.05) is 18.3 Å². The van der Waals surface area contributed by atoms with Gasteiger partial charge in [-0.15, -0.1) is 0 Å². The number of hydrogen-bond acceptors (Lipinski definition) is 2. The van der Waals surface area contributed by atoms with Crippen LogP contribution >= 0.6 is 0 Å². The standard InChI is InChI=1S/C16H29N3/c1-5-16-13(3)18-19(14(16)4)12(2)11-17-15-9-7-6-8-10-15/h12,15,17H,5-11H2,1-4H3. The molecule has 1 aliphatic rings. The van der Waals surface area contributed by atoms with E-state index in [2.05, 4.69) is 37.7 Å². The molecule has 1 N–H and O–H groups in total. The van der Waals surface area contributed by atoms with E-state index in [1.807, 2.05) is 0 Å². The van der Waals surface area contributed by atoms with E-state index in [0.29, 0.717) is 6.04 Å². The van der Waals surface area contributed by atoms with Crippen LogP contribution in [0.3, 0.4) is 0 Å². The third-order valence-electron chi connectivity index (χ3n) is 4.55. The van der Waals surface area contributed by atoms with Gasteiger partial charge >= 0.3 is 0 Å². The Kier molecular flexibility index (Phi) is 5.03. The van der Waals surface area contributed by atoms with Gasteiger partial charge < -0.3 is 5.32 Å². The van der Waals surface area contributed by atoms with Crippen molar-refractivity contribution >= 4 is 0 Å². The van der Waals surface area contributed by atoms with Crippen molar-refractivity contribution < 1.29 is 0 Å². The molecule has 0 saturated heterocycles. The van der Waals surface area contributed by atoms with Gasteiger partial charge in [-0.1, -0.05) is 26.2 Å². The molecule has 2 rings (SSSR count). The molecule has 0 aliphatic heterocycles. The monoisotopic (exact) mass is 263 g/mol. The summed E-state index contributed by atoms with van der Waals surface area (Å²) in [4.78, 5) is 0. The van der Waals surface area contributed by atoms with Gasteiger partial charge in [0.25, 0.3) is 0 Å². The highest BCUT2D eigenvalue weighted by molar-refractivity contribution is 5.24. The molecule has 1 atom stereocenters. The Hall–Kier alpha value is -0.830. The predicted octanol–water partition coefficient (Wildman–Crippen LogP) is 3.55.